The molecule has 1 heterocycles. The molecule has 5 nitrogen and oxygen atoms in total. The number of hydrogen-bond acceptors (Lipinski definition) is 4. The van der Waals surface area contributed by atoms with Gasteiger partial charge in [-0.05, 0) is 43.2 Å². The largest absolute Gasteiger partial charge is 0.392 e. The lowest BCUT2D eigenvalue weighted by molar-refractivity contribution is 0.282. The van der Waals surface area contributed by atoms with Crippen molar-refractivity contribution in [1.82, 2.24) is 4.31 Å². The second-order valence-electron chi connectivity index (χ2n) is 6.10. The van der Waals surface area contributed by atoms with Crippen LogP contribution in [0.2, 0.25) is 0 Å². The molecule has 0 amide bonds. The van der Waals surface area contributed by atoms with E-state index >= 15 is 0 Å². The van der Waals surface area contributed by atoms with E-state index in [1.807, 2.05) is 24.3 Å². The zero-order valence-corrected chi connectivity index (χ0v) is 16.1. The summed E-state index contributed by atoms with van der Waals surface area (Å²) < 4.78 is 27.8. The number of nitrogens with zero attached hydrogens (tertiary/aromatic N) is 1. The van der Waals surface area contributed by atoms with Crippen LogP contribution in [0.25, 0.3) is 0 Å². The second kappa shape index (κ2) is 7.86. The van der Waals surface area contributed by atoms with Crippen LogP contribution in [0.5, 0.6) is 0 Å². The van der Waals surface area contributed by atoms with Gasteiger partial charge in [-0.3, -0.25) is 0 Å². The maximum absolute atomic E-state index is 12.7. The molecule has 0 unspecified atom stereocenters. The average Bonchev–Trinajstić information content (AvgIpc) is 2.64. The molecule has 7 heteroatoms. The molecule has 0 atom stereocenters. The fourth-order valence-corrected chi connectivity index (χ4v) is 4.94. The molecule has 0 aromatic heterocycles. The second-order valence-corrected chi connectivity index (χ2v) is 8.95. The van der Waals surface area contributed by atoms with Crippen molar-refractivity contribution in [3.8, 4) is 0 Å². The van der Waals surface area contributed by atoms with Crippen LogP contribution in [-0.4, -0.2) is 37.0 Å². The van der Waals surface area contributed by atoms with E-state index < -0.39 is 10.0 Å². The summed E-state index contributed by atoms with van der Waals surface area (Å²) in [7, 11) is -3.42. The normalized spacial score (nSPS) is 16.7. The smallest absolute Gasteiger partial charge is 0.243 e. The zero-order chi connectivity index (χ0) is 17.9. The van der Waals surface area contributed by atoms with Gasteiger partial charge in [-0.1, -0.05) is 34.1 Å². The van der Waals surface area contributed by atoms with Crippen LogP contribution in [0.15, 0.2) is 57.9 Å². The molecule has 2 aromatic carbocycles. The molecule has 0 aliphatic carbocycles. The summed E-state index contributed by atoms with van der Waals surface area (Å²) >= 11 is 3.40. The number of sulfonamides is 1. The Morgan fingerprint density at radius 1 is 1.12 bits per heavy atom. The SMILES string of the molecule is O=S(=O)(c1ccccc1)N1CCC(Nc2ccc(Br)cc2CO)CC1. The highest BCUT2D eigenvalue weighted by molar-refractivity contribution is 9.10. The van der Waals surface area contributed by atoms with Gasteiger partial charge in [-0.25, -0.2) is 8.42 Å². The first kappa shape index (κ1) is 18.4. The Morgan fingerprint density at radius 2 is 1.80 bits per heavy atom. The highest BCUT2D eigenvalue weighted by atomic mass is 79.9. The number of hydrogen-bond donors (Lipinski definition) is 2. The maximum Gasteiger partial charge on any atom is 0.243 e. The summed E-state index contributed by atoms with van der Waals surface area (Å²) in [5.74, 6) is 0. The standard InChI is InChI=1S/C18H21BrN2O3S/c19-15-6-7-18(14(12-15)13-22)20-16-8-10-21(11-9-16)25(23,24)17-4-2-1-3-5-17/h1-7,12,16,20,22H,8-11,13H2. The molecular weight excluding hydrogens is 404 g/mol. The Labute approximate surface area is 156 Å². The number of piperidine rings is 1. The van der Waals surface area contributed by atoms with Crippen molar-refractivity contribution in [3.05, 3.63) is 58.6 Å². The van der Waals surface area contributed by atoms with Gasteiger partial charge in [0.05, 0.1) is 11.5 Å². The Bertz CT molecular complexity index is 819. The fourth-order valence-electron chi connectivity index (χ4n) is 3.04. The van der Waals surface area contributed by atoms with Gasteiger partial charge in [0.2, 0.25) is 10.0 Å². The Morgan fingerprint density at radius 3 is 2.44 bits per heavy atom. The fraction of sp³-hybridized carbons (Fsp3) is 0.333. The molecular formula is C18H21BrN2O3S. The van der Waals surface area contributed by atoms with Gasteiger partial charge in [0, 0.05) is 34.9 Å². The van der Waals surface area contributed by atoms with E-state index in [9.17, 15) is 13.5 Å². The number of halogens is 1. The van der Waals surface area contributed by atoms with Gasteiger partial charge < -0.3 is 10.4 Å². The summed E-state index contributed by atoms with van der Waals surface area (Å²) in [5.41, 5.74) is 1.73. The highest BCUT2D eigenvalue weighted by Crippen LogP contribution is 2.26. The van der Waals surface area contributed by atoms with Gasteiger partial charge >= 0.3 is 0 Å². The predicted molar refractivity (Wildman–Crippen MR) is 102 cm³/mol. The van der Waals surface area contributed by atoms with Crippen molar-refractivity contribution in [2.75, 3.05) is 18.4 Å². The summed E-state index contributed by atoms with van der Waals surface area (Å²) in [6.07, 6.45) is 1.46. The number of rotatable bonds is 5. The monoisotopic (exact) mass is 424 g/mol. The molecule has 3 rings (SSSR count). The summed E-state index contributed by atoms with van der Waals surface area (Å²) in [6.45, 7) is 0.933. The first-order chi connectivity index (χ1) is 12.0. The van der Waals surface area contributed by atoms with Crippen molar-refractivity contribution < 1.29 is 13.5 Å². The van der Waals surface area contributed by atoms with Crippen molar-refractivity contribution in [3.63, 3.8) is 0 Å². The number of anilines is 1. The Kier molecular flexibility index (Phi) is 5.78. The molecule has 2 aromatic rings. The Hall–Kier alpha value is -1.41. The number of nitrogens with one attached hydrogen (secondary N) is 1. The molecule has 1 aliphatic rings. The molecule has 1 fully saturated rings. The van der Waals surface area contributed by atoms with E-state index in [-0.39, 0.29) is 12.6 Å². The summed E-state index contributed by atoms with van der Waals surface area (Å²) in [5, 5.41) is 12.9. The highest BCUT2D eigenvalue weighted by Gasteiger charge is 2.29. The lowest BCUT2D eigenvalue weighted by Crippen LogP contribution is -2.42. The molecule has 25 heavy (non-hydrogen) atoms. The molecule has 0 bridgehead atoms. The minimum Gasteiger partial charge on any atom is -0.392 e. The minimum atomic E-state index is -3.42. The predicted octanol–water partition coefficient (Wildman–Crippen LogP) is 3.21. The van der Waals surface area contributed by atoms with Gasteiger partial charge in [-0.2, -0.15) is 4.31 Å². The Balaban J connectivity index is 1.65. The van der Waals surface area contributed by atoms with E-state index in [1.54, 1.807) is 28.6 Å². The molecule has 2 N–H and O–H groups in total. The lowest BCUT2D eigenvalue weighted by atomic mass is 10.1. The number of benzene rings is 2. The van der Waals surface area contributed by atoms with E-state index in [0.29, 0.717) is 18.0 Å². The molecule has 0 radical (unpaired) electrons. The van der Waals surface area contributed by atoms with Crippen LogP contribution in [-0.2, 0) is 16.6 Å². The van der Waals surface area contributed by atoms with Crippen LogP contribution >= 0.6 is 15.9 Å². The van der Waals surface area contributed by atoms with Crippen molar-refractivity contribution in [2.45, 2.75) is 30.4 Å². The third-order valence-corrected chi connectivity index (χ3v) is 6.84. The van der Waals surface area contributed by atoms with Gasteiger partial charge in [0.25, 0.3) is 0 Å². The van der Waals surface area contributed by atoms with Gasteiger partial charge in [0.15, 0.2) is 0 Å². The summed E-state index contributed by atoms with van der Waals surface area (Å²) in [6, 6.07) is 14.5. The molecule has 0 spiro atoms. The van der Waals surface area contributed by atoms with Crippen molar-refractivity contribution in [1.29, 1.82) is 0 Å². The number of aliphatic hydroxyl groups is 1. The molecule has 134 valence electrons. The van der Waals surface area contributed by atoms with Crippen molar-refractivity contribution >= 4 is 31.6 Å². The average molecular weight is 425 g/mol. The van der Waals surface area contributed by atoms with Crippen LogP contribution in [0, 0.1) is 0 Å². The van der Waals surface area contributed by atoms with Gasteiger partial charge in [0.1, 0.15) is 0 Å². The molecule has 0 saturated carbocycles. The zero-order valence-electron chi connectivity index (χ0n) is 13.7. The lowest BCUT2D eigenvalue weighted by Gasteiger charge is -2.32. The van der Waals surface area contributed by atoms with E-state index in [0.717, 1.165) is 28.6 Å². The molecule has 1 saturated heterocycles. The van der Waals surface area contributed by atoms with E-state index in [1.165, 1.54) is 0 Å². The van der Waals surface area contributed by atoms with Gasteiger partial charge in [-0.15, -0.1) is 0 Å². The third kappa shape index (κ3) is 4.23. The van der Waals surface area contributed by atoms with E-state index in [2.05, 4.69) is 21.2 Å². The quantitative estimate of drug-likeness (QED) is 0.772. The summed E-state index contributed by atoms with van der Waals surface area (Å²) in [4.78, 5) is 0.344. The van der Waals surface area contributed by atoms with Crippen LogP contribution in [0.4, 0.5) is 5.69 Å². The number of aliphatic hydroxyl groups excluding tert-OH is 1. The van der Waals surface area contributed by atoms with Crippen LogP contribution in [0.1, 0.15) is 18.4 Å². The third-order valence-electron chi connectivity index (χ3n) is 4.43. The first-order valence-electron chi connectivity index (χ1n) is 8.22. The molecule has 1 aliphatic heterocycles. The van der Waals surface area contributed by atoms with E-state index in [4.69, 9.17) is 0 Å². The topological polar surface area (TPSA) is 69.6 Å². The van der Waals surface area contributed by atoms with Crippen LogP contribution < -0.4 is 5.32 Å². The minimum absolute atomic E-state index is 0.0387. The first-order valence-corrected chi connectivity index (χ1v) is 10.4. The maximum atomic E-state index is 12.7. The van der Waals surface area contributed by atoms with Crippen LogP contribution in [0.3, 0.4) is 0 Å². The van der Waals surface area contributed by atoms with Crippen molar-refractivity contribution in [2.24, 2.45) is 0 Å².